The molecule has 18 heavy (non-hydrogen) atoms. The average Bonchev–Trinajstić information content (AvgIpc) is 2.45. The Morgan fingerprint density at radius 2 is 1.89 bits per heavy atom. The van der Waals surface area contributed by atoms with Crippen molar-refractivity contribution >= 4 is 5.91 Å². The predicted octanol–water partition coefficient (Wildman–Crippen LogP) is 1.47. The van der Waals surface area contributed by atoms with Gasteiger partial charge in [0, 0.05) is 31.0 Å². The molecule has 0 aliphatic rings. The van der Waals surface area contributed by atoms with E-state index in [4.69, 9.17) is 5.73 Å². The van der Waals surface area contributed by atoms with Crippen LogP contribution < -0.4 is 11.1 Å². The maximum atomic E-state index is 12.0. The smallest absolute Gasteiger partial charge is 0.251 e. The van der Waals surface area contributed by atoms with Crippen LogP contribution in [0.3, 0.4) is 0 Å². The molecular weight excluding hydrogens is 226 g/mol. The van der Waals surface area contributed by atoms with Crippen molar-refractivity contribution in [3.8, 4) is 0 Å². The van der Waals surface area contributed by atoms with E-state index in [0.717, 1.165) is 11.1 Å². The number of aromatic nitrogens is 1. The molecule has 4 nitrogen and oxygen atoms in total. The molecule has 4 heteroatoms. The van der Waals surface area contributed by atoms with Gasteiger partial charge in [0.25, 0.3) is 5.91 Å². The molecule has 1 heterocycles. The molecule has 2 rings (SSSR count). The minimum atomic E-state index is -0.104. The summed E-state index contributed by atoms with van der Waals surface area (Å²) in [7, 11) is 0. The summed E-state index contributed by atoms with van der Waals surface area (Å²) >= 11 is 0. The molecule has 0 atom stereocenters. The minimum Gasteiger partial charge on any atom is -0.348 e. The fourth-order valence-corrected chi connectivity index (χ4v) is 1.70. The summed E-state index contributed by atoms with van der Waals surface area (Å²) in [6.45, 7) is 0.846. The van der Waals surface area contributed by atoms with Crippen molar-refractivity contribution in [3.05, 3.63) is 65.5 Å². The van der Waals surface area contributed by atoms with Crippen LogP contribution in [0.2, 0.25) is 0 Å². The van der Waals surface area contributed by atoms with E-state index in [9.17, 15) is 4.79 Å². The maximum absolute atomic E-state index is 12.0. The van der Waals surface area contributed by atoms with Crippen molar-refractivity contribution in [1.82, 2.24) is 10.3 Å². The lowest BCUT2D eigenvalue weighted by Gasteiger charge is -2.08. The highest BCUT2D eigenvalue weighted by atomic mass is 16.1. The third-order valence-corrected chi connectivity index (χ3v) is 2.68. The van der Waals surface area contributed by atoms with Crippen LogP contribution in [0.4, 0.5) is 0 Å². The monoisotopic (exact) mass is 241 g/mol. The van der Waals surface area contributed by atoms with Crippen molar-refractivity contribution in [2.24, 2.45) is 5.73 Å². The molecule has 92 valence electrons. The molecule has 3 N–H and O–H groups in total. The van der Waals surface area contributed by atoms with Crippen LogP contribution in [0.1, 0.15) is 21.5 Å². The average molecular weight is 241 g/mol. The zero-order chi connectivity index (χ0) is 12.8. The number of pyridine rings is 1. The summed E-state index contributed by atoms with van der Waals surface area (Å²) < 4.78 is 0. The van der Waals surface area contributed by atoms with Crippen molar-refractivity contribution in [1.29, 1.82) is 0 Å². The van der Waals surface area contributed by atoms with Gasteiger partial charge in [-0.3, -0.25) is 9.78 Å². The second-order valence-corrected chi connectivity index (χ2v) is 3.90. The lowest BCUT2D eigenvalue weighted by molar-refractivity contribution is 0.0950. The molecule has 0 saturated heterocycles. The van der Waals surface area contributed by atoms with Gasteiger partial charge in [0.05, 0.1) is 0 Å². The normalized spacial score (nSPS) is 10.1. The largest absolute Gasteiger partial charge is 0.348 e. The number of benzene rings is 1. The van der Waals surface area contributed by atoms with E-state index in [1.807, 2.05) is 30.3 Å². The molecule has 0 unspecified atom stereocenters. The van der Waals surface area contributed by atoms with E-state index < -0.39 is 0 Å². The van der Waals surface area contributed by atoms with Gasteiger partial charge in [-0.25, -0.2) is 0 Å². The van der Waals surface area contributed by atoms with Crippen molar-refractivity contribution < 1.29 is 4.79 Å². The van der Waals surface area contributed by atoms with Gasteiger partial charge in [0.1, 0.15) is 0 Å². The number of nitrogens with one attached hydrogen (secondary N) is 1. The summed E-state index contributed by atoms with van der Waals surface area (Å²) in [5.74, 6) is -0.104. The van der Waals surface area contributed by atoms with E-state index in [1.54, 1.807) is 18.5 Å². The van der Waals surface area contributed by atoms with Crippen LogP contribution in [0.15, 0.2) is 48.8 Å². The Morgan fingerprint density at radius 1 is 1.17 bits per heavy atom. The van der Waals surface area contributed by atoms with Gasteiger partial charge in [-0.1, -0.05) is 18.2 Å². The Kier molecular flexibility index (Phi) is 4.04. The number of nitrogens with two attached hydrogens (primary N) is 1. The summed E-state index contributed by atoms with van der Waals surface area (Å²) in [5.41, 5.74) is 8.11. The zero-order valence-corrected chi connectivity index (χ0v) is 9.97. The third kappa shape index (κ3) is 2.93. The quantitative estimate of drug-likeness (QED) is 0.851. The van der Waals surface area contributed by atoms with Crippen LogP contribution in [0, 0.1) is 0 Å². The molecule has 1 amide bonds. The van der Waals surface area contributed by atoms with Gasteiger partial charge in [-0.15, -0.1) is 0 Å². The lowest BCUT2D eigenvalue weighted by atomic mass is 10.1. The van der Waals surface area contributed by atoms with E-state index >= 15 is 0 Å². The number of carbonyl (C=O) groups is 1. The molecule has 0 fully saturated rings. The van der Waals surface area contributed by atoms with Crippen molar-refractivity contribution in [3.63, 3.8) is 0 Å². The highest BCUT2D eigenvalue weighted by molar-refractivity contribution is 5.95. The first-order valence-electron chi connectivity index (χ1n) is 5.76. The molecule has 0 aliphatic carbocycles. The first-order valence-corrected chi connectivity index (χ1v) is 5.76. The Morgan fingerprint density at radius 3 is 2.61 bits per heavy atom. The molecule has 0 aliphatic heterocycles. The predicted molar refractivity (Wildman–Crippen MR) is 69.7 cm³/mol. The van der Waals surface area contributed by atoms with Crippen molar-refractivity contribution in [2.45, 2.75) is 13.1 Å². The second kappa shape index (κ2) is 5.93. The van der Waals surface area contributed by atoms with Crippen LogP contribution in [-0.4, -0.2) is 10.9 Å². The van der Waals surface area contributed by atoms with Gasteiger partial charge in [-0.05, 0) is 29.3 Å². The number of hydrogen-bond donors (Lipinski definition) is 2. The highest BCUT2D eigenvalue weighted by Gasteiger charge is 2.08. The number of hydrogen-bond acceptors (Lipinski definition) is 3. The van der Waals surface area contributed by atoms with Crippen LogP contribution >= 0.6 is 0 Å². The van der Waals surface area contributed by atoms with Crippen LogP contribution in [-0.2, 0) is 13.1 Å². The minimum absolute atomic E-state index is 0.104. The van der Waals surface area contributed by atoms with Gasteiger partial charge in [-0.2, -0.15) is 0 Å². The Hall–Kier alpha value is -2.20. The van der Waals surface area contributed by atoms with E-state index in [-0.39, 0.29) is 5.91 Å². The van der Waals surface area contributed by atoms with Gasteiger partial charge in [0.15, 0.2) is 0 Å². The Bertz CT molecular complexity index is 526. The first-order chi connectivity index (χ1) is 8.81. The molecule has 0 spiro atoms. The van der Waals surface area contributed by atoms with Crippen LogP contribution in [0.25, 0.3) is 0 Å². The second-order valence-electron chi connectivity index (χ2n) is 3.90. The number of rotatable bonds is 4. The van der Waals surface area contributed by atoms with Gasteiger partial charge in [0.2, 0.25) is 0 Å². The fourth-order valence-electron chi connectivity index (χ4n) is 1.70. The summed E-state index contributed by atoms with van der Waals surface area (Å²) in [6, 6.07) is 11.1. The molecular formula is C14H15N3O. The maximum Gasteiger partial charge on any atom is 0.251 e. The van der Waals surface area contributed by atoms with Gasteiger partial charge >= 0.3 is 0 Å². The number of amides is 1. The first kappa shape index (κ1) is 12.3. The number of carbonyl (C=O) groups excluding carboxylic acids is 1. The summed E-state index contributed by atoms with van der Waals surface area (Å²) in [5, 5.41) is 2.87. The summed E-state index contributed by atoms with van der Waals surface area (Å²) in [6.07, 6.45) is 3.41. The molecule has 2 aromatic rings. The molecule has 0 saturated carbocycles. The standard InChI is InChI=1S/C14H15N3O/c15-9-12-3-1-2-4-13(12)14(18)17-10-11-5-7-16-8-6-11/h1-8H,9-10,15H2,(H,17,18). The topological polar surface area (TPSA) is 68.0 Å². The lowest BCUT2D eigenvalue weighted by Crippen LogP contribution is -2.24. The zero-order valence-electron chi connectivity index (χ0n) is 9.97. The Balaban J connectivity index is 2.04. The van der Waals surface area contributed by atoms with Crippen molar-refractivity contribution in [2.75, 3.05) is 0 Å². The van der Waals surface area contributed by atoms with E-state index in [1.165, 1.54) is 0 Å². The highest BCUT2D eigenvalue weighted by Crippen LogP contribution is 2.08. The van der Waals surface area contributed by atoms with Gasteiger partial charge < -0.3 is 11.1 Å². The SMILES string of the molecule is NCc1ccccc1C(=O)NCc1ccncc1. The molecule has 1 aromatic heterocycles. The molecule has 1 aromatic carbocycles. The Labute approximate surface area is 106 Å². The molecule has 0 bridgehead atoms. The van der Waals surface area contributed by atoms with Crippen LogP contribution in [0.5, 0.6) is 0 Å². The number of nitrogens with zero attached hydrogens (tertiary/aromatic N) is 1. The van der Waals surface area contributed by atoms with E-state index in [0.29, 0.717) is 18.7 Å². The fraction of sp³-hybridized carbons (Fsp3) is 0.143. The molecule has 0 radical (unpaired) electrons. The third-order valence-electron chi connectivity index (χ3n) is 2.68. The van der Waals surface area contributed by atoms with E-state index in [2.05, 4.69) is 10.3 Å². The summed E-state index contributed by atoms with van der Waals surface area (Å²) in [4.78, 5) is 15.9.